The number of hydrogen-bond acceptors (Lipinski definition) is 25. The van der Waals surface area contributed by atoms with Gasteiger partial charge in [0.2, 0.25) is 0 Å². The van der Waals surface area contributed by atoms with Crippen LogP contribution in [-0.4, -0.2) is 247 Å². The Hall–Kier alpha value is -2.91. The highest BCUT2D eigenvalue weighted by Crippen LogP contribution is 2.76. The fraction of sp³-hybridized carbons (Fsp3) is 0.879. The molecule has 0 amide bonds. The van der Waals surface area contributed by atoms with Gasteiger partial charge in [0.05, 0.1) is 56.6 Å². The number of rotatable bonds is 14. The zero-order chi connectivity index (χ0) is 61.7. The molecule has 84 heavy (non-hydrogen) atoms. The molecule has 4 heterocycles. The summed E-state index contributed by atoms with van der Waals surface area (Å²) in [6, 6.07) is 0. The fourth-order valence-corrected chi connectivity index (χ4v) is 16.9. The lowest BCUT2D eigenvalue weighted by atomic mass is 9.33. The number of aliphatic hydroxyl groups excluding tert-OH is 12. The molecule has 5 aliphatic carbocycles. The molecule has 0 spiro atoms. The molecule has 0 aromatic carbocycles. The number of carbonyl (C=O) groups excluding carboxylic acids is 2. The first-order valence-electron chi connectivity index (χ1n) is 29.4. The highest BCUT2D eigenvalue weighted by Gasteiger charge is 2.73. The van der Waals surface area contributed by atoms with E-state index in [-0.39, 0.29) is 30.1 Å². The van der Waals surface area contributed by atoms with E-state index in [1.54, 1.807) is 26.8 Å². The van der Waals surface area contributed by atoms with Crippen molar-refractivity contribution >= 4 is 17.9 Å². The van der Waals surface area contributed by atoms with Gasteiger partial charge >= 0.3 is 17.9 Å². The Morgan fingerprint density at radius 2 is 1.30 bits per heavy atom. The third-order valence-electron chi connectivity index (χ3n) is 22.0. The summed E-state index contributed by atoms with van der Waals surface area (Å²) in [7, 11) is 1.23. The van der Waals surface area contributed by atoms with E-state index in [0.29, 0.717) is 44.1 Å². The Balaban J connectivity index is 1.07. The van der Waals surface area contributed by atoms with Crippen LogP contribution in [0.2, 0.25) is 0 Å². The van der Waals surface area contributed by atoms with E-state index in [2.05, 4.69) is 40.7 Å². The fourth-order valence-electron chi connectivity index (χ4n) is 16.9. The van der Waals surface area contributed by atoms with Gasteiger partial charge in [-0.1, -0.05) is 52.3 Å². The Bertz CT molecular complexity index is 2460. The van der Waals surface area contributed by atoms with Gasteiger partial charge < -0.3 is 114 Å². The number of allylic oxidation sites excluding steroid dienone is 3. The van der Waals surface area contributed by atoms with Crippen LogP contribution in [0.25, 0.3) is 0 Å². The number of carboxylic acid groups (broad SMARTS) is 1. The predicted molar refractivity (Wildman–Crippen MR) is 284 cm³/mol. The molecule has 26 nitrogen and oxygen atoms in total. The normalized spacial score (nSPS) is 51.2. The molecule has 4 saturated heterocycles. The minimum atomic E-state index is -2.29. The summed E-state index contributed by atoms with van der Waals surface area (Å²) in [5.41, 5.74) is -3.50. The maximum atomic E-state index is 14.9. The molecule has 0 aromatic heterocycles. The number of esters is 2. The van der Waals surface area contributed by atoms with Crippen molar-refractivity contribution in [2.75, 3.05) is 33.5 Å². The van der Waals surface area contributed by atoms with Gasteiger partial charge in [-0.25, -0.2) is 9.59 Å². The lowest BCUT2D eigenvalue weighted by Gasteiger charge is -2.72. The van der Waals surface area contributed by atoms with Crippen molar-refractivity contribution in [3.63, 3.8) is 0 Å². The summed E-state index contributed by atoms with van der Waals surface area (Å²) in [5, 5.41) is 144. The van der Waals surface area contributed by atoms with Gasteiger partial charge in [-0.3, -0.25) is 4.79 Å². The van der Waals surface area contributed by atoms with Crippen molar-refractivity contribution in [3.8, 4) is 0 Å². The van der Waals surface area contributed by atoms with Gasteiger partial charge in [0, 0.05) is 5.57 Å². The van der Waals surface area contributed by atoms with Crippen LogP contribution >= 0.6 is 0 Å². The Labute approximate surface area is 487 Å². The average molecular weight is 1200 g/mol. The molecule has 9 aliphatic rings. The van der Waals surface area contributed by atoms with Gasteiger partial charge in [0.15, 0.2) is 31.3 Å². The van der Waals surface area contributed by atoms with Crippen LogP contribution in [0.4, 0.5) is 0 Å². The van der Waals surface area contributed by atoms with Crippen molar-refractivity contribution < 1.29 is 128 Å². The molecular weight excluding hydrogens is 1110 g/mol. The highest BCUT2D eigenvalue weighted by molar-refractivity contribution is 5.87. The second-order valence-corrected chi connectivity index (χ2v) is 27.0. The largest absolute Gasteiger partial charge is 0.479 e. The quantitative estimate of drug-likeness (QED) is 0.0404. The molecule has 478 valence electrons. The summed E-state index contributed by atoms with van der Waals surface area (Å²) in [5.74, 6) is -4.01. The third kappa shape index (κ3) is 10.6. The molecular formula is C58H90O26. The molecule has 0 radical (unpaired) electrons. The van der Waals surface area contributed by atoms with Crippen LogP contribution in [0.3, 0.4) is 0 Å². The summed E-state index contributed by atoms with van der Waals surface area (Å²) in [6.45, 7) is 13.3. The van der Waals surface area contributed by atoms with E-state index in [0.717, 1.165) is 5.57 Å². The van der Waals surface area contributed by atoms with Gasteiger partial charge in [-0.2, -0.15) is 0 Å². The van der Waals surface area contributed by atoms with E-state index in [1.807, 2.05) is 0 Å². The number of aliphatic hydroxyl groups is 12. The zero-order valence-corrected chi connectivity index (χ0v) is 49.1. The van der Waals surface area contributed by atoms with Gasteiger partial charge in [-0.05, 0) is 112 Å². The van der Waals surface area contributed by atoms with Crippen molar-refractivity contribution in [1.82, 2.24) is 0 Å². The number of carboxylic acids is 1. The smallest absolute Gasteiger partial charge is 0.335 e. The van der Waals surface area contributed by atoms with Gasteiger partial charge in [-0.15, -0.1) is 0 Å². The van der Waals surface area contributed by atoms with Gasteiger partial charge in [0.25, 0.3) is 0 Å². The van der Waals surface area contributed by atoms with Crippen molar-refractivity contribution in [2.24, 2.45) is 50.2 Å². The molecule has 4 saturated carbocycles. The minimum absolute atomic E-state index is 0.0820. The first kappa shape index (κ1) is 65.5. The van der Waals surface area contributed by atoms with Crippen LogP contribution in [0.5, 0.6) is 0 Å². The summed E-state index contributed by atoms with van der Waals surface area (Å²) < 4.78 is 60.3. The lowest BCUT2D eigenvalue weighted by Crippen LogP contribution is -2.70. The van der Waals surface area contributed by atoms with E-state index in [4.69, 9.17) is 47.4 Å². The number of methoxy groups -OCH3 is 1. The van der Waals surface area contributed by atoms with E-state index in [9.17, 15) is 80.8 Å². The predicted octanol–water partition coefficient (Wildman–Crippen LogP) is -1.58. The maximum Gasteiger partial charge on any atom is 0.335 e. The first-order valence-corrected chi connectivity index (χ1v) is 29.4. The van der Waals surface area contributed by atoms with E-state index < -0.39 is 206 Å². The van der Waals surface area contributed by atoms with Crippen molar-refractivity contribution in [3.05, 3.63) is 23.3 Å². The minimum Gasteiger partial charge on any atom is -0.479 e. The molecule has 9 rings (SSSR count). The second kappa shape index (κ2) is 24.1. The average Bonchev–Trinajstić information content (AvgIpc) is 0.694. The summed E-state index contributed by atoms with van der Waals surface area (Å²) >= 11 is 0. The van der Waals surface area contributed by atoms with Gasteiger partial charge in [0.1, 0.15) is 85.5 Å². The molecule has 26 heteroatoms. The molecule has 0 aromatic rings. The Morgan fingerprint density at radius 3 is 1.93 bits per heavy atom. The van der Waals surface area contributed by atoms with Crippen LogP contribution in [-0.2, 0) is 61.8 Å². The number of aliphatic carboxylic acids is 1. The van der Waals surface area contributed by atoms with E-state index in [1.165, 1.54) is 7.11 Å². The standard InChI is InChI=1S/C58H90O26/c1-10-24(2)47(73)79-34-19-53(3,4)17-26-25-11-12-30-54(5)15-14-33(57(8,52(74)75-9)31(54)13-16-55(30,6)56(25,7)18-32(63)58(26,34)23-60)80-51-45(84-49-40(69)38(67)37(66)29(20-59)78-49)42(41(70)43(82-51)46(71)72)81-50-44(36(65)28(62)22-77-50)83-48-39(68)35(64)27(61)21-76-48/h10-11,26-45,48-51,59-70H,12-23H2,1-9H3,(H,71,72)/b24-10-/t26-,27+,28-,29+,30+,31+,32+,33-,34-,35-,36-,37-,38-,39+,40+,41-,42-,43-,44?,45+,48-,49-,50-,51?,54+,55+,56+,57-,58-/m0/s1. The van der Waals surface area contributed by atoms with Crippen molar-refractivity contribution in [2.45, 2.75) is 236 Å². The van der Waals surface area contributed by atoms with E-state index >= 15 is 0 Å². The third-order valence-corrected chi connectivity index (χ3v) is 22.0. The number of carbonyl (C=O) groups is 3. The van der Waals surface area contributed by atoms with Crippen LogP contribution in [0.15, 0.2) is 23.3 Å². The summed E-state index contributed by atoms with van der Waals surface area (Å²) in [4.78, 5) is 41.6. The SMILES string of the molecule is C/C=C(/C)C(=O)O[C@H]1CC(C)(C)C[C@H]2C3=CC[C@@H]4[C@@]5(C)CC[C@H](OC6O[C@H](C(=O)O)[C@@H](O)[C@H](O[C@@H]7OC[C@H](O)[C@H](O)C7O[C@@H]7OC[C@@H](O)[C@H](O)[C@H]7O)[C@H]6O[C@@H]6O[C@H](CO)[C@H](O)[C@H](O)[C@H]6O)[C@@](C)(C(=O)OC)[C@@H]5CC[C@@]4(C)[C@]3(C)C[C@@H](O)[C@@]12CO. The van der Waals surface area contributed by atoms with Crippen LogP contribution in [0, 0.1) is 50.2 Å². The van der Waals surface area contributed by atoms with Crippen LogP contribution in [0.1, 0.15) is 107 Å². The van der Waals surface area contributed by atoms with Crippen molar-refractivity contribution in [1.29, 1.82) is 0 Å². The highest BCUT2D eigenvalue weighted by atomic mass is 16.8. The maximum absolute atomic E-state index is 14.9. The number of ether oxygens (including phenoxy) is 10. The molecule has 4 aliphatic heterocycles. The summed E-state index contributed by atoms with van der Waals surface area (Å²) in [6.07, 6.45) is -30.7. The molecule has 8 fully saturated rings. The number of hydrogen-bond donors (Lipinski definition) is 13. The topological polar surface area (TPSA) is 407 Å². The molecule has 0 bridgehead atoms. The molecule has 13 N–H and O–H groups in total. The lowest BCUT2D eigenvalue weighted by molar-refractivity contribution is -0.399. The molecule has 29 atom stereocenters. The second-order valence-electron chi connectivity index (χ2n) is 27.0. The Kier molecular flexibility index (Phi) is 18.8. The Morgan fingerprint density at radius 1 is 0.667 bits per heavy atom. The monoisotopic (exact) mass is 1200 g/mol. The first-order chi connectivity index (χ1) is 39.3. The number of fused-ring (bicyclic) bond motifs is 7. The van der Waals surface area contributed by atoms with Crippen LogP contribution < -0.4 is 0 Å². The molecule has 2 unspecified atom stereocenters. The zero-order valence-electron chi connectivity index (χ0n) is 49.1.